The summed E-state index contributed by atoms with van der Waals surface area (Å²) in [5, 5.41) is 0. The fraction of sp³-hybridized carbons (Fsp3) is 0.263. The van der Waals surface area contributed by atoms with E-state index in [9.17, 15) is 4.79 Å². The molecule has 0 bridgehead atoms. The summed E-state index contributed by atoms with van der Waals surface area (Å²) in [5.74, 6) is 1.15. The van der Waals surface area contributed by atoms with Crippen LogP contribution in [0.3, 0.4) is 0 Å². The molecule has 1 amide bonds. The summed E-state index contributed by atoms with van der Waals surface area (Å²) in [4.78, 5) is 27.5. The highest BCUT2D eigenvalue weighted by atomic mass is 16.2. The predicted molar refractivity (Wildman–Crippen MR) is 93.5 cm³/mol. The molecule has 1 fully saturated rings. The highest BCUT2D eigenvalue weighted by Crippen LogP contribution is 2.27. The lowest BCUT2D eigenvalue weighted by Crippen LogP contribution is -2.39. The Labute approximate surface area is 146 Å². The topological polar surface area (TPSA) is 63.9 Å². The Bertz CT molecular complexity index is 847. The standard InChI is InChI=1S/C19H19N5O/c25-19(15-4-2-8-20-12-15)23-10-3-5-16(13-23)17-6-1-7-18(22-17)24-11-9-21-14-24/h1-2,4,6-9,11-12,14,16H,3,5,10,13H2/t16-/m1/s1. The smallest absolute Gasteiger partial charge is 0.255 e. The number of pyridine rings is 2. The van der Waals surface area contributed by atoms with Crippen molar-refractivity contribution in [1.82, 2.24) is 24.4 Å². The number of hydrogen-bond donors (Lipinski definition) is 0. The van der Waals surface area contributed by atoms with Crippen LogP contribution in [0.4, 0.5) is 0 Å². The molecule has 3 aromatic rings. The zero-order chi connectivity index (χ0) is 17.1. The number of carbonyl (C=O) groups excluding carboxylic acids is 1. The first kappa shape index (κ1) is 15.5. The molecular formula is C19H19N5O. The summed E-state index contributed by atoms with van der Waals surface area (Å²) in [6.45, 7) is 1.47. The van der Waals surface area contributed by atoms with Gasteiger partial charge < -0.3 is 4.90 Å². The lowest BCUT2D eigenvalue weighted by Gasteiger charge is -2.32. The fourth-order valence-electron chi connectivity index (χ4n) is 3.28. The normalized spacial score (nSPS) is 17.4. The average molecular weight is 333 g/mol. The molecule has 126 valence electrons. The minimum absolute atomic E-state index is 0.0450. The van der Waals surface area contributed by atoms with E-state index < -0.39 is 0 Å². The van der Waals surface area contributed by atoms with Gasteiger partial charge in [0, 0.05) is 49.5 Å². The van der Waals surface area contributed by atoms with Gasteiger partial charge in [0.15, 0.2) is 0 Å². The van der Waals surface area contributed by atoms with Gasteiger partial charge in [-0.2, -0.15) is 0 Å². The number of hydrogen-bond acceptors (Lipinski definition) is 4. The molecule has 1 aliphatic rings. The summed E-state index contributed by atoms with van der Waals surface area (Å²) in [6, 6.07) is 9.64. The molecule has 0 radical (unpaired) electrons. The third-order valence-electron chi connectivity index (χ3n) is 4.56. The van der Waals surface area contributed by atoms with Crippen molar-refractivity contribution in [3.63, 3.8) is 0 Å². The Hall–Kier alpha value is -3.02. The summed E-state index contributed by atoms with van der Waals surface area (Å²) in [6.07, 6.45) is 10.7. The highest BCUT2D eigenvalue weighted by molar-refractivity contribution is 5.94. The van der Waals surface area contributed by atoms with Crippen molar-refractivity contribution in [2.75, 3.05) is 13.1 Å². The molecule has 1 saturated heterocycles. The number of likely N-dealkylation sites (tertiary alicyclic amines) is 1. The lowest BCUT2D eigenvalue weighted by atomic mass is 9.94. The van der Waals surface area contributed by atoms with Gasteiger partial charge in [-0.25, -0.2) is 9.97 Å². The number of nitrogens with zero attached hydrogens (tertiary/aromatic N) is 5. The van der Waals surface area contributed by atoms with Crippen LogP contribution in [0.1, 0.15) is 34.8 Å². The Morgan fingerprint density at radius 1 is 1.12 bits per heavy atom. The molecule has 25 heavy (non-hydrogen) atoms. The Balaban J connectivity index is 1.54. The monoisotopic (exact) mass is 333 g/mol. The SMILES string of the molecule is O=C(c1cccnc1)N1CCC[C@@H](c2cccc(-n3ccnc3)n2)C1. The molecule has 0 spiro atoms. The van der Waals surface area contributed by atoms with Gasteiger partial charge >= 0.3 is 0 Å². The first-order valence-electron chi connectivity index (χ1n) is 8.46. The molecular weight excluding hydrogens is 314 g/mol. The molecule has 0 saturated carbocycles. The molecule has 4 heterocycles. The summed E-state index contributed by atoms with van der Waals surface area (Å²) < 4.78 is 1.89. The maximum Gasteiger partial charge on any atom is 0.255 e. The van der Waals surface area contributed by atoms with Crippen molar-refractivity contribution in [1.29, 1.82) is 0 Å². The molecule has 6 heteroatoms. The molecule has 0 aromatic carbocycles. The van der Waals surface area contributed by atoms with Crippen molar-refractivity contribution in [2.24, 2.45) is 0 Å². The number of piperidine rings is 1. The van der Waals surface area contributed by atoms with Crippen LogP contribution < -0.4 is 0 Å². The quantitative estimate of drug-likeness (QED) is 0.739. The molecule has 1 atom stereocenters. The molecule has 3 aromatic heterocycles. The Kier molecular flexibility index (Phi) is 4.24. The van der Waals surface area contributed by atoms with Crippen LogP contribution in [0.15, 0.2) is 61.4 Å². The zero-order valence-corrected chi connectivity index (χ0v) is 13.8. The number of imidazole rings is 1. The van der Waals surface area contributed by atoms with Crippen molar-refractivity contribution in [3.8, 4) is 5.82 Å². The minimum atomic E-state index is 0.0450. The summed E-state index contributed by atoms with van der Waals surface area (Å²) in [7, 11) is 0. The minimum Gasteiger partial charge on any atom is -0.338 e. The van der Waals surface area contributed by atoms with E-state index in [0.29, 0.717) is 12.1 Å². The second-order valence-corrected chi connectivity index (χ2v) is 6.22. The molecule has 1 aliphatic heterocycles. The van der Waals surface area contributed by atoms with Gasteiger partial charge in [-0.15, -0.1) is 0 Å². The largest absolute Gasteiger partial charge is 0.338 e. The maximum atomic E-state index is 12.7. The van der Waals surface area contributed by atoms with Crippen molar-refractivity contribution >= 4 is 5.91 Å². The van der Waals surface area contributed by atoms with Crippen LogP contribution >= 0.6 is 0 Å². The molecule has 0 unspecified atom stereocenters. The lowest BCUT2D eigenvalue weighted by molar-refractivity contribution is 0.0705. The number of rotatable bonds is 3. The average Bonchev–Trinajstić information content (AvgIpc) is 3.23. The van der Waals surface area contributed by atoms with Crippen LogP contribution in [0.2, 0.25) is 0 Å². The fourth-order valence-corrected chi connectivity index (χ4v) is 3.28. The second kappa shape index (κ2) is 6.84. The van der Waals surface area contributed by atoms with Gasteiger partial charge in [0.05, 0.1) is 5.56 Å². The number of aromatic nitrogens is 4. The highest BCUT2D eigenvalue weighted by Gasteiger charge is 2.26. The predicted octanol–water partition coefficient (Wildman–Crippen LogP) is 2.68. The van der Waals surface area contributed by atoms with Crippen LogP contribution in [-0.4, -0.2) is 43.4 Å². The third-order valence-corrected chi connectivity index (χ3v) is 4.56. The first-order chi connectivity index (χ1) is 12.3. The van der Waals surface area contributed by atoms with Gasteiger partial charge in [0.2, 0.25) is 0 Å². The van der Waals surface area contributed by atoms with Crippen molar-refractivity contribution < 1.29 is 4.79 Å². The third kappa shape index (κ3) is 3.28. The van der Waals surface area contributed by atoms with E-state index in [4.69, 9.17) is 4.98 Å². The van der Waals surface area contributed by atoms with Gasteiger partial charge in [-0.1, -0.05) is 6.07 Å². The van der Waals surface area contributed by atoms with E-state index in [0.717, 1.165) is 30.9 Å². The van der Waals surface area contributed by atoms with E-state index in [1.165, 1.54) is 0 Å². The van der Waals surface area contributed by atoms with Gasteiger partial charge in [0.25, 0.3) is 5.91 Å². The van der Waals surface area contributed by atoms with Crippen molar-refractivity contribution in [2.45, 2.75) is 18.8 Å². The first-order valence-corrected chi connectivity index (χ1v) is 8.46. The Morgan fingerprint density at radius 3 is 2.88 bits per heavy atom. The van der Waals surface area contributed by atoms with Crippen molar-refractivity contribution in [3.05, 3.63) is 72.7 Å². The van der Waals surface area contributed by atoms with E-state index in [1.54, 1.807) is 31.0 Å². The summed E-state index contributed by atoms with van der Waals surface area (Å²) >= 11 is 0. The zero-order valence-electron chi connectivity index (χ0n) is 13.8. The summed E-state index contributed by atoms with van der Waals surface area (Å²) in [5.41, 5.74) is 1.66. The van der Waals surface area contributed by atoms with Gasteiger partial charge in [-0.05, 0) is 37.1 Å². The second-order valence-electron chi connectivity index (χ2n) is 6.22. The molecule has 6 nitrogen and oxygen atoms in total. The van der Waals surface area contributed by atoms with Crippen LogP contribution in [0, 0.1) is 0 Å². The van der Waals surface area contributed by atoms with Gasteiger partial charge in [0.1, 0.15) is 12.1 Å². The molecule has 0 N–H and O–H groups in total. The molecule has 0 aliphatic carbocycles. The molecule has 4 rings (SSSR count). The van der Waals surface area contributed by atoms with Gasteiger partial charge in [-0.3, -0.25) is 14.3 Å². The maximum absolute atomic E-state index is 12.7. The number of amides is 1. The van der Waals surface area contributed by atoms with E-state index in [-0.39, 0.29) is 11.8 Å². The van der Waals surface area contributed by atoms with E-state index >= 15 is 0 Å². The van der Waals surface area contributed by atoms with Crippen LogP contribution in [0.25, 0.3) is 5.82 Å². The Morgan fingerprint density at radius 2 is 2.08 bits per heavy atom. The number of carbonyl (C=O) groups is 1. The van der Waals surface area contributed by atoms with Crippen LogP contribution in [-0.2, 0) is 0 Å². The van der Waals surface area contributed by atoms with E-state index in [2.05, 4.69) is 9.97 Å². The van der Waals surface area contributed by atoms with E-state index in [1.807, 2.05) is 39.9 Å². The van der Waals surface area contributed by atoms with Crippen LogP contribution in [0.5, 0.6) is 0 Å².